The predicted molar refractivity (Wildman–Crippen MR) is 139 cm³/mol. The minimum absolute atomic E-state index is 0.780. The molecule has 0 aliphatic heterocycles. The first-order valence-corrected chi connectivity index (χ1v) is 14.2. The summed E-state index contributed by atoms with van der Waals surface area (Å²) in [6.45, 7) is 4.61. The monoisotopic (exact) mass is 424 g/mol. The first-order chi connectivity index (χ1) is 15.3. The van der Waals surface area contributed by atoms with Crippen LogP contribution in [0.15, 0.2) is 24.3 Å². The highest BCUT2D eigenvalue weighted by molar-refractivity contribution is 5.24. The average Bonchev–Trinajstić information content (AvgIpc) is 2.80. The molecular weight excluding hydrogens is 372 g/mol. The molecule has 0 heterocycles. The molecule has 0 aromatic rings. The minimum atomic E-state index is 0.780. The summed E-state index contributed by atoms with van der Waals surface area (Å²) < 4.78 is 0. The highest BCUT2D eigenvalue weighted by Gasteiger charge is 2.19. The van der Waals surface area contributed by atoms with Crippen LogP contribution in [0.4, 0.5) is 0 Å². The van der Waals surface area contributed by atoms with Gasteiger partial charge in [0, 0.05) is 0 Å². The fourth-order valence-corrected chi connectivity index (χ4v) is 5.70. The van der Waals surface area contributed by atoms with Crippen LogP contribution in [0.1, 0.15) is 136 Å². The van der Waals surface area contributed by atoms with Gasteiger partial charge in [-0.2, -0.15) is 0 Å². The number of hydrogen-bond donors (Lipinski definition) is 0. The van der Waals surface area contributed by atoms with E-state index >= 15 is 0 Å². The largest absolute Gasteiger partial charge is 0.0730 e. The highest BCUT2D eigenvalue weighted by atomic mass is 14.2. The van der Waals surface area contributed by atoms with E-state index in [2.05, 4.69) is 50.0 Å². The van der Waals surface area contributed by atoms with Crippen LogP contribution in [-0.2, 0) is 0 Å². The summed E-state index contributed by atoms with van der Waals surface area (Å²) in [7, 11) is 0. The lowest BCUT2D eigenvalue weighted by molar-refractivity contribution is 0.288. The average molecular weight is 425 g/mol. The van der Waals surface area contributed by atoms with Crippen molar-refractivity contribution in [3.05, 3.63) is 24.3 Å². The molecule has 0 heteroatoms. The van der Waals surface area contributed by atoms with E-state index in [1.54, 1.807) is 0 Å². The SMILES string of the molecule is CCCCCCC[C@H]1CC[C@H](/C=C/C#C/C=C/[C@H]2CC[C@H](CCCCCC)CC2)CC1. The molecule has 0 aromatic carbocycles. The van der Waals surface area contributed by atoms with Crippen molar-refractivity contribution in [1.29, 1.82) is 0 Å². The Morgan fingerprint density at radius 1 is 0.516 bits per heavy atom. The quantitative estimate of drug-likeness (QED) is 0.204. The number of allylic oxidation sites excluding steroid dienone is 4. The third-order valence-electron chi connectivity index (χ3n) is 7.95. The van der Waals surface area contributed by atoms with Crippen molar-refractivity contribution in [2.45, 2.75) is 136 Å². The van der Waals surface area contributed by atoms with Gasteiger partial charge in [0.1, 0.15) is 0 Å². The van der Waals surface area contributed by atoms with Gasteiger partial charge in [-0.25, -0.2) is 0 Å². The maximum atomic E-state index is 3.27. The molecule has 2 fully saturated rings. The fraction of sp³-hybridized carbons (Fsp3) is 0.806. The van der Waals surface area contributed by atoms with Crippen LogP contribution < -0.4 is 0 Å². The molecule has 0 bridgehead atoms. The summed E-state index contributed by atoms with van der Waals surface area (Å²) in [6.07, 6.45) is 36.1. The maximum absolute atomic E-state index is 3.27. The van der Waals surface area contributed by atoms with Gasteiger partial charge in [-0.05, 0) is 87.2 Å². The predicted octanol–water partition coefficient (Wildman–Crippen LogP) is 10.0. The number of unbranched alkanes of at least 4 members (excludes halogenated alkanes) is 7. The Balaban J connectivity index is 1.52. The van der Waals surface area contributed by atoms with Gasteiger partial charge < -0.3 is 0 Å². The summed E-state index contributed by atoms with van der Waals surface area (Å²) in [6, 6.07) is 0. The normalized spacial score (nSPS) is 26.9. The Bertz CT molecular complexity index is 526. The van der Waals surface area contributed by atoms with Crippen molar-refractivity contribution in [3.63, 3.8) is 0 Å². The first kappa shape index (κ1) is 26.3. The van der Waals surface area contributed by atoms with E-state index in [1.807, 2.05) is 0 Å². The van der Waals surface area contributed by atoms with Crippen molar-refractivity contribution in [3.8, 4) is 11.8 Å². The van der Waals surface area contributed by atoms with Crippen molar-refractivity contribution >= 4 is 0 Å². The molecule has 0 radical (unpaired) electrons. The zero-order valence-electron chi connectivity index (χ0n) is 21.1. The summed E-state index contributed by atoms with van der Waals surface area (Å²) in [5.41, 5.74) is 0. The summed E-state index contributed by atoms with van der Waals surface area (Å²) in [5.74, 6) is 10.1. The van der Waals surface area contributed by atoms with Gasteiger partial charge in [-0.3, -0.25) is 0 Å². The van der Waals surface area contributed by atoms with E-state index in [9.17, 15) is 0 Å². The van der Waals surface area contributed by atoms with Gasteiger partial charge in [-0.15, -0.1) is 0 Å². The van der Waals surface area contributed by atoms with Gasteiger partial charge in [0.25, 0.3) is 0 Å². The van der Waals surface area contributed by atoms with E-state index in [0.717, 1.165) is 23.7 Å². The lowest BCUT2D eigenvalue weighted by Crippen LogP contribution is -2.13. The topological polar surface area (TPSA) is 0 Å². The smallest absolute Gasteiger partial charge is 0.0153 e. The lowest BCUT2D eigenvalue weighted by atomic mass is 9.79. The minimum Gasteiger partial charge on any atom is -0.0730 e. The van der Waals surface area contributed by atoms with Gasteiger partial charge in [0.2, 0.25) is 0 Å². The molecular formula is C31H52. The summed E-state index contributed by atoms with van der Waals surface area (Å²) in [5, 5.41) is 0. The third kappa shape index (κ3) is 12.6. The molecule has 0 saturated heterocycles. The van der Waals surface area contributed by atoms with Gasteiger partial charge >= 0.3 is 0 Å². The molecule has 0 spiro atoms. The second-order valence-corrected chi connectivity index (χ2v) is 10.6. The maximum Gasteiger partial charge on any atom is -0.0153 e. The molecule has 0 N–H and O–H groups in total. The molecule has 0 nitrogen and oxygen atoms in total. The second kappa shape index (κ2) is 17.6. The standard InChI is InChI=1S/C31H52/c1-3-5-7-9-13-17-29-24-26-31(27-25-29)19-15-11-10-14-18-30-22-20-28(21-23-30)16-12-8-6-4-2/h14-15,18-19,28-31H,3-9,12-13,16-17,20-27H2,1-2H3/b18-14+,19-15+/t28-,29-,30-,31-. The van der Waals surface area contributed by atoms with Crippen molar-refractivity contribution in [2.24, 2.45) is 23.7 Å². The van der Waals surface area contributed by atoms with Crippen LogP contribution in [-0.4, -0.2) is 0 Å². The van der Waals surface area contributed by atoms with E-state index < -0.39 is 0 Å². The Hall–Kier alpha value is -0.960. The molecule has 0 atom stereocenters. The molecule has 0 aromatic heterocycles. The molecule has 2 aliphatic rings. The van der Waals surface area contributed by atoms with Crippen LogP contribution in [0.3, 0.4) is 0 Å². The van der Waals surface area contributed by atoms with E-state index in [-0.39, 0.29) is 0 Å². The van der Waals surface area contributed by atoms with Crippen LogP contribution in [0.2, 0.25) is 0 Å². The molecule has 2 saturated carbocycles. The van der Waals surface area contributed by atoms with Crippen molar-refractivity contribution < 1.29 is 0 Å². The van der Waals surface area contributed by atoms with Crippen LogP contribution in [0.25, 0.3) is 0 Å². The Morgan fingerprint density at radius 3 is 1.32 bits per heavy atom. The second-order valence-electron chi connectivity index (χ2n) is 10.6. The Kier molecular flexibility index (Phi) is 14.9. The molecule has 2 rings (SSSR count). The number of rotatable bonds is 13. The van der Waals surface area contributed by atoms with Crippen LogP contribution in [0.5, 0.6) is 0 Å². The summed E-state index contributed by atoms with van der Waals surface area (Å²) >= 11 is 0. The number of hydrogen-bond acceptors (Lipinski definition) is 0. The van der Waals surface area contributed by atoms with Crippen molar-refractivity contribution in [1.82, 2.24) is 0 Å². The molecule has 176 valence electrons. The lowest BCUT2D eigenvalue weighted by Gasteiger charge is -2.26. The van der Waals surface area contributed by atoms with Gasteiger partial charge in [0.05, 0.1) is 0 Å². The molecule has 2 aliphatic carbocycles. The Labute approximate surface area is 195 Å². The van der Waals surface area contributed by atoms with Crippen LogP contribution >= 0.6 is 0 Å². The molecule has 0 amide bonds. The zero-order valence-corrected chi connectivity index (χ0v) is 21.1. The van der Waals surface area contributed by atoms with E-state index in [1.165, 1.54) is 122 Å². The Morgan fingerprint density at radius 2 is 0.903 bits per heavy atom. The van der Waals surface area contributed by atoms with Crippen molar-refractivity contribution in [2.75, 3.05) is 0 Å². The third-order valence-corrected chi connectivity index (χ3v) is 7.95. The molecule has 0 unspecified atom stereocenters. The van der Waals surface area contributed by atoms with Crippen LogP contribution in [0, 0.1) is 35.5 Å². The van der Waals surface area contributed by atoms with E-state index in [0.29, 0.717) is 0 Å². The molecule has 31 heavy (non-hydrogen) atoms. The zero-order chi connectivity index (χ0) is 22.0. The first-order valence-electron chi connectivity index (χ1n) is 14.2. The highest BCUT2D eigenvalue weighted by Crippen LogP contribution is 2.33. The van der Waals surface area contributed by atoms with Gasteiger partial charge in [0.15, 0.2) is 0 Å². The van der Waals surface area contributed by atoms with E-state index in [4.69, 9.17) is 0 Å². The fourth-order valence-electron chi connectivity index (χ4n) is 5.70. The summed E-state index contributed by atoms with van der Waals surface area (Å²) in [4.78, 5) is 0. The van der Waals surface area contributed by atoms with Gasteiger partial charge in [-0.1, -0.05) is 108 Å².